The zero-order chi connectivity index (χ0) is 16.7. The van der Waals surface area contributed by atoms with Crippen LogP contribution in [0.4, 0.5) is 0 Å². The first-order valence-corrected chi connectivity index (χ1v) is 8.34. The minimum atomic E-state index is -1.25. The summed E-state index contributed by atoms with van der Waals surface area (Å²) in [6, 6.07) is 12.9. The van der Waals surface area contributed by atoms with Crippen LogP contribution in [0.2, 0.25) is 0 Å². The van der Waals surface area contributed by atoms with Crippen molar-refractivity contribution in [3.8, 4) is 0 Å². The predicted octanol–water partition coefficient (Wildman–Crippen LogP) is 0.863. The molecule has 6 nitrogen and oxygen atoms in total. The van der Waals surface area contributed by atoms with E-state index in [1.54, 1.807) is 36.4 Å². The van der Waals surface area contributed by atoms with Crippen LogP contribution >= 0.6 is 0 Å². The molecule has 0 spiro atoms. The summed E-state index contributed by atoms with van der Waals surface area (Å²) in [6.07, 6.45) is 1.67. The van der Waals surface area contributed by atoms with Gasteiger partial charge in [-0.25, -0.2) is 0 Å². The predicted molar refractivity (Wildman–Crippen MR) is 87.0 cm³/mol. The highest BCUT2D eigenvalue weighted by atomic mass is 32.2. The van der Waals surface area contributed by atoms with Gasteiger partial charge in [-0.05, 0) is 30.7 Å². The Hall–Kier alpha value is -2.54. The van der Waals surface area contributed by atoms with Crippen LogP contribution in [0, 0.1) is 0 Å². The van der Waals surface area contributed by atoms with E-state index >= 15 is 0 Å². The molecular weight excluding hydrogens is 314 g/mol. The molecule has 0 aliphatic rings. The molecule has 0 fully saturated rings. The van der Waals surface area contributed by atoms with Gasteiger partial charge in [0.25, 0.3) is 5.91 Å². The molecule has 0 saturated carbocycles. The number of carbonyl (C=O) groups excluding carboxylic acids is 2. The van der Waals surface area contributed by atoms with Crippen molar-refractivity contribution in [1.82, 2.24) is 10.3 Å². The molecule has 120 valence electrons. The van der Waals surface area contributed by atoms with Crippen molar-refractivity contribution in [2.75, 3.05) is 5.75 Å². The SMILES string of the molecule is NC(=O)[C@@H](CC[S@](=O)c1ccccc1)NC(=O)c1ccccn1. The van der Waals surface area contributed by atoms with Crippen LogP contribution in [0.15, 0.2) is 59.6 Å². The first-order chi connectivity index (χ1) is 11.1. The molecule has 3 N–H and O–H groups in total. The molecule has 2 aromatic rings. The zero-order valence-electron chi connectivity index (χ0n) is 12.3. The van der Waals surface area contributed by atoms with Crippen molar-refractivity contribution in [2.24, 2.45) is 5.73 Å². The lowest BCUT2D eigenvalue weighted by Crippen LogP contribution is -2.45. The van der Waals surface area contributed by atoms with Crippen LogP contribution in [-0.2, 0) is 15.6 Å². The molecule has 2 atom stereocenters. The third-order valence-corrected chi connectivity index (χ3v) is 4.55. The van der Waals surface area contributed by atoms with Crippen molar-refractivity contribution in [2.45, 2.75) is 17.4 Å². The molecule has 1 aromatic carbocycles. The lowest BCUT2D eigenvalue weighted by Gasteiger charge is -2.15. The van der Waals surface area contributed by atoms with Gasteiger partial charge in [0.1, 0.15) is 11.7 Å². The van der Waals surface area contributed by atoms with E-state index in [9.17, 15) is 13.8 Å². The molecule has 0 aliphatic carbocycles. The molecule has 0 aliphatic heterocycles. The minimum Gasteiger partial charge on any atom is -0.368 e. The van der Waals surface area contributed by atoms with E-state index in [-0.39, 0.29) is 17.9 Å². The number of nitrogens with zero attached hydrogens (tertiary/aromatic N) is 1. The molecule has 23 heavy (non-hydrogen) atoms. The number of carbonyl (C=O) groups is 2. The lowest BCUT2D eigenvalue weighted by atomic mass is 10.2. The second kappa shape index (κ2) is 8.19. The number of pyridine rings is 1. The Bertz CT molecular complexity index is 692. The van der Waals surface area contributed by atoms with Gasteiger partial charge in [-0.3, -0.25) is 18.8 Å². The van der Waals surface area contributed by atoms with Gasteiger partial charge in [-0.1, -0.05) is 24.3 Å². The average Bonchev–Trinajstić information content (AvgIpc) is 2.59. The smallest absolute Gasteiger partial charge is 0.270 e. The summed E-state index contributed by atoms with van der Waals surface area (Å²) >= 11 is 0. The fourth-order valence-electron chi connectivity index (χ4n) is 1.93. The summed E-state index contributed by atoms with van der Waals surface area (Å²) in [4.78, 5) is 28.1. The van der Waals surface area contributed by atoms with Crippen molar-refractivity contribution < 1.29 is 13.8 Å². The van der Waals surface area contributed by atoms with Crippen molar-refractivity contribution in [3.05, 3.63) is 60.4 Å². The second-order valence-electron chi connectivity index (χ2n) is 4.79. The van der Waals surface area contributed by atoms with Crippen molar-refractivity contribution >= 4 is 22.6 Å². The van der Waals surface area contributed by atoms with Crippen molar-refractivity contribution in [1.29, 1.82) is 0 Å². The van der Waals surface area contributed by atoms with E-state index in [2.05, 4.69) is 10.3 Å². The van der Waals surface area contributed by atoms with Gasteiger partial charge >= 0.3 is 0 Å². The highest BCUT2D eigenvalue weighted by molar-refractivity contribution is 7.85. The van der Waals surface area contributed by atoms with E-state index < -0.39 is 28.7 Å². The molecule has 7 heteroatoms. The summed E-state index contributed by atoms with van der Waals surface area (Å²) in [7, 11) is -1.25. The van der Waals surface area contributed by atoms with Gasteiger partial charge in [0.2, 0.25) is 5.91 Å². The van der Waals surface area contributed by atoms with Crippen LogP contribution in [-0.4, -0.2) is 32.8 Å². The van der Waals surface area contributed by atoms with Gasteiger partial charge in [-0.15, -0.1) is 0 Å². The summed E-state index contributed by atoms with van der Waals surface area (Å²) in [5.41, 5.74) is 5.51. The maximum Gasteiger partial charge on any atom is 0.270 e. The number of benzene rings is 1. The molecule has 2 rings (SSSR count). The molecule has 0 radical (unpaired) electrons. The van der Waals surface area contributed by atoms with E-state index in [1.807, 2.05) is 6.07 Å². The Balaban J connectivity index is 1.96. The number of nitrogens with two attached hydrogens (primary N) is 1. The number of hydrogen-bond acceptors (Lipinski definition) is 4. The van der Waals surface area contributed by atoms with Crippen LogP contribution in [0.1, 0.15) is 16.9 Å². The molecule has 2 amide bonds. The maximum absolute atomic E-state index is 12.2. The topological polar surface area (TPSA) is 102 Å². The fraction of sp³-hybridized carbons (Fsp3) is 0.188. The van der Waals surface area contributed by atoms with E-state index in [4.69, 9.17) is 5.73 Å². The molecular formula is C16H17N3O3S. The number of rotatable bonds is 7. The molecule has 0 saturated heterocycles. The van der Waals surface area contributed by atoms with E-state index in [0.29, 0.717) is 4.90 Å². The molecule has 1 aromatic heterocycles. The summed E-state index contributed by atoms with van der Waals surface area (Å²) < 4.78 is 12.2. The fourth-order valence-corrected chi connectivity index (χ4v) is 3.08. The standard InChI is InChI=1S/C16H17N3O3S/c17-15(20)13(19-16(21)14-8-4-5-10-18-14)9-11-23(22)12-6-2-1-3-7-12/h1-8,10,13H,9,11H2,(H2,17,20)(H,19,21)/t13-,23+/m1/s1. The zero-order valence-corrected chi connectivity index (χ0v) is 13.2. The second-order valence-corrected chi connectivity index (χ2v) is 6.37. The minimum absolute atomic E-state index is 0.190. The maximum atomic E-state index is 12.2. The van der Waals surface area contributed by atoms with Gasteiger partial charge in [-0.2, -0.15) is 0 Å². The number of hydrogen-bond donors (Lipinski definition) is 2. The van der Waals surface area contributed by atoms with Gasteiger partial charge in [0.05, 0.1) is 10.8 Å². The van der Waals surface area contributed by atoms with Crippen LogP contribution in [0.5, 0.6) is 0 Å². The Morgan fingerprint density at radius 2 is 1.83 bits per heavy atom. The normalized spacial score (nSPS) is 13.0. The van der Waals surface area contributed by atoms with Gasteiger partial charge in [0.15, 0.2) is 0 Å². The third kappa shape index (κ3) is 5.00. The largest absolute Gasteiger partial charge is 0.368 e. The molecule has 0 bridgehead atoms. The number of amides is 2. The molecule has 1 heterocycles. The Morgan fingerprint density at radius 3 is 2.43 bits per heavy atom. The summed E-state index contributed by atoms with van der Waals surface area (Å²) in [5.74, 6) is -0.931. The van der Waals surface area contributed by atoms with Crippen molar-refractivity contribution in [3.63, 3.8) is 0 Å². The third-order valence-electron chi connectivity index (χ3n) is 3.14. The summed E-state index contributed by atoms with van der Waals surface area (Å²) in [6.45, 7) is 0. The summed E-state index contributed by atoms with van der Waals surface area (Å²) in [5, 5.41) is 2.53. The Labute approximate surface area is 136 Å². The number of nitrogens with one attached hydrogen (secondary N) is 1. The van der Waals surface area contributed by atoms with Gasteiger partial charge in [0, 0.05) is 16.8 Å². The monoisotopic (exact) mass is 331 g/mol. The van der Waals surface area contributed by atoms with Crippen LogP contribution < -0.4 is 11.1 Å². The molecule has 0 unspecified atom stereocenters. The average molecular weight is 331 g/mol. The lowest BCUT2D eigenvalue weighted by molar-refractivity contribution is -0.119. The van der Waals surface area contributed by atoms with Crippen LogP contribution in [0.3, 0.4) is 0 Å². The van der Waals surface area contributed by atoms with E-state index in [1.165, 1.54) is 12.3 Å². The number of primary amides is 1. The Morgan fingerprint density at radius 1 is 1.13 bits per heavy atom. The first-order valence-electron chi connectivity index (χ1n) is 7.02. The highest BCUT2D eigenvalue weighted by Gasteiger charge is 2.20. The number of aromatic nitrogens is 1. The quantitative estimate of drug-likeness (QED) is 0.785. The van der Waals surface area contributed by atoms with Gasteiger partial charge < -0.3 is 11.1 Å². The van der Waals surface area contributed by atoms with E-state index in [0.717, 1.165) is 0 Å². The van der Waals surface area contributed by atoms with Crippen LogP contribution in [0.25, 0.3) is 0 Å². The highest BCUT2D eigenvalue weighted by Crippen LogP contribution is 2.08. The Kier molecular flexibility index (Phi) is 5.99. The first kappa shape index (κ1) is 16.8.